The van der Waals surface area contributed by atoms with Gasteiger partial charge >= 0.3 is 0 Å². The van der Waals surface area contributed by atoms with E-state index in [-0.39, 0.29) is 11.3 Å². The van der Waals surface area contributed by atoms with Gasteiger partial charge in [0, 0.05) is 44.0 Å². The summed E-state index contributed by atoms with van der Waals surface area (Å²) < 4.78 is 5.94. The fourth-order valence-electron chi connectivity index (χ4n) is 3.87. The van der Waals surface area contributed by atoms with Crippen LogP contribution in [0.15, 0.2) is 42.9 Å². The van der Waals surface area contributed by atoms with Crippen LogP contribution in [-0.2, 0) is 4.74 Å². The van der Waals surface area contributed by atoms with Crippen molar-refractivity contribution in [2.24, 2.45) is 5.41 Å². The Morgan fingerprint density at radius 1 is 1.20 bits per heavy atom. The number of amides is 1. The van der Waals surface area contributed by atoms with Crippen molar-refractivity contribution in [3.05, 3.63) is 48.5 Å². The second-order valence-electron chi connectivity index (χ2n) is 7.06. The first-order valence-corrected chi connectivity index (χ1v) is 8.91. The molecule has 0 aliphatic carbocycles. The van der Waals surface area contributed by atoms with Crippen molar-refractivity contribution in [2.75, 3.05) is 44.3 Å². The van der Waals surface area contributed by atoms with E-state index in [4.69, 9.17) is 4.74 Å². The summed E-state index contributed by atoms with van der Waals surface area (Å²) in [6.45, 7) is 4.92. The molecule has 25 heavy (non-hydrogen) atoms. The molecule has 2 saturated heterocycles. The van der Waals surface area contributed by atoms with Gasteiger partial charge in [-0.25, -0.2) is 0 Å². The number of likely N-dealkylation sites (tertiary alicyclic amines) is 1. The summed E-state index contributed by atoms with van der Waals surface area (Å²) in [6, 6.07) is 7.79. The Bertz CT molecular complexity index is 693. The zero-order valence-corrected chi connectivity index (χ0v) is 14.4. The van der Waals surface area contributed by atoms with Gasteiger partial charge in [0.2, 0.25) is 0 Å². The van der Waals surface area contributed by atoms with Crippen LogP contribution in [0.4, 0.5) is 5.69 Å². The van der Waals surface area contributed by atoms with Crippen LogP contribution < -0.4 is 4.90 Å². The lowest BCUT2D eigenvalue weighted by Crippen LogP contribution is -2.49. The topological polar surface area (TPSA) is 61.5 Å². The molecule has 0 atom stereocenters. The highest BCUT2D eigenvalue weighted by atomic mass is 16.5. The largest absolute Gasteiger partial charge is 0.379 e. The molecule has 0 radical (unpaired) electrons. The average molecular weight is 340 g/mol. The van der Waals surface area contributed by atoms with Gasteiger partial charge in [0.1, 0.15) is 5.69 Å². The van der Waals surface area contributed by atoms with Crippen LogP contribution in [0.2, 0.25) is 0 Å². The third-order valence-electron chi connectivity index (χ3n) is 5.39. The van der Waals surface area contributed by atoms with Crippen LogP contribution >= 0.6 is 0 Å². The van der Waals surface area contributed by atoms with Gasteiger partial charge in [-0.2, -0.15) is 0 Å². The Labute approximate surface area is 147 Å². The van der Waals surface area contributed by atoms with Crippen LogP contribution in [0, 0.1) is 5.41 Å². The number of carbonyl (C=O) groups is 1. The molecular weight excluding hydrogens is 316 g/mol. The summed E-state index contributed by atoms with van der Waals surface area (Å²) in [5.74, 6) is 0.0958. The van der Waals surface area contributed by atoms with E-state index < -0.39 is 0 Å². The van der Waals surface area contributed by atoms with Crippen molar-refractivity contribution < 1.29 is 9.53 Å². The number of ether oxygens (including phenoxy) is 1. The summed E-state index contributed by atoms with van der Waals surface area (Å²) >= 11 is 0. The van der Waals surface area contributed by atoms with Gasteiger partial charge in [-0.05, 0) is 37.1 Å². The molecule has 6 nitrogen and oxygen atoms in total. The third kappa shape index (κ3) is 3.39. The Kier molecular flexibility index (Phi) is 4.44. The number of anilines is 1. The van der Waals surface area contributed by atoms with Crippen molar-refractivity contribution in [2.45, 2.75) is 12.8 Å². The van der Waals surface area contributed by atoms with E-state index in [1.807, 2.05) is 29.3 Å². The van der Waals surface area contributed by atoms with Gasteiger partial charge in [0.25, 0.3) is 5.91 Å². The highest BCUT2D eigenvalue weighted by Gasteiger charge is 2.39. The number of carbonyl (C=O) groups excluding carboxylic acids is 1. The summed E-state index contributed by atoms with van der Waals surface area (Å²) in [5.41, 5.74) is 1.93. The Morgan fingerprint density at radius 2 is 2.08 bits per heavy atom. The molecule has 4 rings (SSSR count). The molecule has 1 amide bonds. The first kappa shape index (κ1) is 16.1. The smallest absolute Gasteiger partial charge is 0.270 e. The number of hydrogen-bond acceptors (Lipinski definition) is 4. The van der Waals surface area contributed by atoms with E-state index in [0.29, 0.717) is 5.69 Å². The number of aromatic nitrogens is 2. The van der Waals surface area contributed by atoms with E-state index in [2.05, 4.69) is 20.9 Å². The summed E-state index contributed by atoms with van der Waals surface area (Å²) in [5, 5.41) is 0. The van der Waals surface area contributed by atoms with Crippen LogP contribution in [0.5, 0.6) is 0 Å². The molecule has 0 bridgehead atoms. The maximum absolute atomic E-state index is 12.5. The van der Waals surface area contributed by atoms with Crippen molar-refractivity contribution in [3.8, 4) is 0 Å². The molecule has 6 heteroatoms. The maximum Gasteiger partial charge on any atom is 0.270 e. The zero-order valence-electron chi connectivity index (χ0n) is 14.4. The van der Waals surface area contributed by atoms with Crippen LogP contribution in [0.1, 0.15) is 23.3 Å². The van der Waals surface area contributed by atoms with Gasteiger partial charge in [0.15, 0.2) is 0 Å². The number of pyridine rings is 1. The van der Waals surface area contributed by atoms with Crippen molar-refractivity contribution in [1.29, 1.82) is 0 Å². The molecular formula is C19H24N4O2. The van der Waals surface area contributed by atoms with E-state index in [1.165, 1.54) is 0 Å². The van der Waals surface area contributed by atoms with E-state index in [9.17, 15) is 4.79 Å². The van der Waals surface area contributed by atoms with Gasteiger partial charge in [-0.15, -0.1) is 0 Å². The van der Waals surface area contributed by atoms with Gasteiger partial charge in [-0.1, -0.05) is 0 Å². The number of piperidine rings is 1. The third-order valence-corrected chi connectivity index (χ3v) is 5.39. The maximum atomic E-state index is 12.5. The minimum absolute atomic E-state index is 0.0958. The first-order valence-electron chi connectivity index (χ1n) is 8.91. The number of H-pyrrole nitrogens is 1. The summed E-state index contributed by atoms with van der Waals surface area (Å²) in [4.78, 5) is 24.1. The second-order valence-corrected chi connectivity index (χ2v) is 7.06. The Morgan fingerprint density at radius 3 is 2.80 bits per heavy atom. The molecule has 2 aliphatic heterocycles. The van der Waals surface area contributed by atoms with E-state index in [1.54, 1.807) is 12.4 Å². The predicted octanol–water partition coefficient (Wildman–Crippen LogP) is 2.17. The number of aromatic amines is 1. The first-order chi connectivity index (χ1) is 12.3. The molecule has 1 spiro atoms. The second kappa shape index (κ2) is 6.88. The minimum Gasteiger partial charge on any atom is -0.379 e. The average Bonchev–Trinajstić information content (AvgIpc) is 3.12. The fraction of sp³-hybridized carbons (Fsp3) is 0.474. The lowest BCUT2D eigenvalue weighted by atomic mass is 9.78. The van der Waals surface area contributed by atoms with Gasteiger partial charge in [-0.3, -0.25) is 9.78 Å². The molecule has 2 fully saturated rings. The van der Waals surface area contributed by atoms with Crippen LogP contribution in [-0.4, -0.2) is 60.2 Å². The Hall–Kier alpha value is -2.34. The quantitative estimate of drug-likeness (QED) is 0.910. The van der Waals surface area contributed by atoms with Crippen molar-refractivity contribution >= 4 is 11.6 Å². The van der Waals surface area contributed by atoms with E-state index >= 15 is 0 Å². The minimum atomic E-state index is 0.0958. The molecule has 4 heterocycles. The zero-order chi connectivity index (χ0) is 17.1. The molecule has 0 aromatic carbocycles. The lowest BCUT2D eigenvalue weighted by Gasteiger charge is -2.42. The molecule has 132 valence electrons. The van der Waals surface area contributed by atoms with E-state index in [0.717, 1.165) is 57.9 Å². The molecule has 0 unspecified atom stereocenters. The SMILES string of the molecule is O=C(c1ccc[nH]1)N1CCC2(CC1)COCCN(c1cccnc1)C2. The van der Waals surface area contributed by atoms with Gasteiger partial charge < -0.3 is 19.5 Å². The number of rotatable bonds is 2. The molecule has 2 aromatic rings. The number of hydrogen-bond donors (Lipinski definition) is 1. The normalized spacial score (nSPS) is 20.5. The van der Waals surface area contributed by atoms with Crippen LogP contribution in [0.25, 0.3) is 0 Å². The highest BCUT2D eigenvalue weighted by molar-refractivity contribution is 5.92. The van der Waals surface area contributed by atoms with Crippen molar-refractivity contribution in [3.63, 3.8) is 0 Å². The van der Waals surface area contributed by atoms with Crippen LogP contribution in [0.3, 0.4) is 0 Å². The van der Waals surface area contributed by atoms with Gasteiger partial charge in [0.05, 0.1) is 25.1 Å². The standard InChI is InChI=1S/C19H24N4O2/c24-18(17-4-2-8-21-17)22-9-5-19(6-10-22)14-23(11-12-25-15-19)16-3-1-7-20-13-16/h1-4,7-8,13,21H,5-6,9-12,14-15H2. The fourth-order valence-corrected chi connectivity index (χ4v) is 3.87. The monoisotopic (exact) mass is 340 g/mol. The molecule has 1 N–H and O–H groups in total. The summed E-state index contributed by atoms with van der Waals surface area (Å²) in [7, 11) is 0. The number of nitrogens with one attached hydrogen (secondary N) is 1. The molecule has 2 aliphatic rings. The molecule has 0 saturated carbocycles. The predicted molar refractivity (Wildman–Crippen MR) is 95.6 cm³/mol. The summed E-state index contributed by atoms with van der Waals surface area (Å²) in [6.07, 6.45) is 7.46. The van der Waals surface area contributed by atoms with Crippen molar-refractivity contribution in [1.82, 2.24) is 14.9 Å². The number of nitrogens with zero attached hydrogens (tertiary/aromatic N) is 3. The lowest BCUT2D eigenvalue weighted by molar-refractivity contribution is 0.0206. The highest BCUT2D eigenvalue weighted by Crippen LogP contribution is 2.36. The Balaban J connectivity index is 1.44. The molecule has 2 aromatic heterocycles.